The Bertz CT molecular complexity index is 693. The molecule has 6 rings (SSSR count). The fourth-order valence-corrected chi connectivity index (χ4v) is 10.4. The molecule has 0 aromatic heterocycles. The minimum absolute atomic E-state index is 0. The minimum Gasteiger partial charge on any atom is -0.393 e. The number of hydrogen-bond acceptors (Lipinski definition) is 3. The van der Waals surface area contributed by atoms with Crippen molar-refractivity contribution in [2.75, 3.05) is 6.54 Å². The van der Waals surface area contributed by atoms with E-state index in [1.54, 1.807) is 0 Å². The van der Waals surface area contributed by atoms with Crippen molar-refractivity contribution in [1.82, 2.24) is 5.32 Å². The first-order valence-corrected chi connectivity index (χ1v) is 13.4. The molecule has 2 aliphatic heterocycles. The molecule has 2 heterocycles. The van der Waals surface area contributed by atoms with E-state index >= 15 is 0 Å². The molecule has 4 aliphatic carbocycles. The number of fused-ring (bicyclic) bond motifs is 7. The Morgan fingerprint density at radius 2 is 1.65 bits per heavy atom. The average Bonchev–Trinajstić information content (AvgIpc) is 3.16. The molecule has 0 aromatic carbocycles. The normalized spacial score (nSPS) is 60.5. The van der Waals surface area contributed by atoms with E-state index in [-0.39, 0.29) is 24.2 Å². The highest BCUT2D eigenvalue weighted by Crippen LogP contribution is 2.71. The Balaban J connectivity index is 0.00000204. The first-order chi connectivity index (χ1) is 14.3. The van der Waals surface area contributed by atoms with Gasteiger partial charge < -0.3 is 9.84 Å². The molecule has 0 bridgehead atoms. The number of halogens is 1. The Kier molecular flexibility index (Phi) is 5.61. The van der Waals surface area contributed by atoms with Crippen LogP contribution in [0.3, 0.4) is 0 Å². The highest BCUT2D eigenvalue weighted by molar-refractivity contribution is 5.85. The predicted octanol–water partition coefficient (Wildman–Crippen LogP) is 5.79. The molecule has 1 spiro atoms. The van der Waals surface area contributed by atoms with Crippen molar-refractivity contribution >= 4 is 12.4 Å². The monoisotopic (exact) mass is 451 g/mol. The van der Waals surface area contributed by atoms with Crippen molar-refractivity contribution in [3.05, 3.63) is 0 Å². The highest BCUT2D eigenvalue weighted by atomic mass is 35.5. The standard InChI is InChI=1S/C27H45NO2.ClH/c1-16-7-12-27(28-15-16)17(2)24-23(30-27)14-22-20-6-5-18-13-19(29)8-10-25(18,3)21(20)9-11-26(22,24)4;/h16-24,28-29H,5-15H2,1-4H3;1H/t16?,17?,18?,19?,20?,21?,22?,23?,24?,25-,26-,27+;/m0./s1. The van der Waals surface area contributed by atoms with Crippen LogP contribution in [0.5, 0.6) is 0 Å². The maximum Gasteiger partial charge on any atom is 0.122 e. The van der Waals surface area contributed by atoms with Crippen LogP contribution in [-0.4, -0.2) is 29.6 Å². The van der Waals surface area contributed by atoms with Gasteiger partial charge in [0.05, 0.1) is 12.2 Å². The molecular formula is C27H46ClNO2. The second-order valence-electron chi connectivity index (χ2n) is 13.3. The third-order valence-electron chi connectivity index (χ3n) is 12.1. The van der Waals surface area contributed by atoms with E-state index in [4.69, 9.17) is 4.74 Å². The number of ether oxygens (including phenoxy) is 1. The third kappa shape index (κ3) is 3.08. The van der Waals surface area contributed by atoms with Crippen LogP contribution in [0, 0.1) is 52.3 Å². The van der Waals surface area contributed by atoms with Crippen LogP contribution in [0.2, 0.25) is 0 Å². The van der Waals surface area contributed by atoms with Crippen LogP contribution in [0.1, 0.15) is 91.9 Å². The van der Waals surface area contributed by atoms with Gasteiger partial charge in [0.15, 0.2) is 0 Å². The van der Waals surface area contributed by atoms with Crippen molar-refractivity contribution in [2.45, 2.75) is 110 Å². The number of hydrogen-bond donors (Lipinski definition) is 2. The van der Waals surface area contributed by atoms with E-state index < -0.39 is 0 Å². The zero-order valence-corrected chi connectivity index (χ0v) is 21.1. The lowest BCUT2D eigenvalue weighted by atomic mass is 9.44. The minimum atomic E-state index is -0.0320. The van der Waals surface area contributed by atoms with Gasteiger partial charge in [-0.05, 0) is 111 Å². The Labute approximate surface area is 196 Å². The van der Waals surface area contributed by atoms with Crippen LogP contribution >= 0.6 is 12.4 Å². The average molecular weight is 452 g/mol. The molecule has 12 atom stereocenters. The van der Waals surface area contributed by atoms with Crippen LogP contribution < -0.4 is 5.32 Å². The van der Waals surface area contributed by atoms with Gasteiger partial charge in [0, 0.05) is 12.5 Å². The van der Waals surface area contributed by atoms with Crippen molar-refractivity contribution in [3.8, 4) is 0 Å². The first kappa shape index (κ1) is 22.9. The lowest BCUT2D eigenvalue weighted by Crippen LogP contribution is -2.57. The zero-order valence-electron chi connectivity index (χ0n) is 20.2. The van der Waals surface area contributed by atoms with Crippen LogP contribution in [-0.2, 0) is 4.74 Å². The second-order valence-corrected chi connectivity index (χ2v) is 13.3. The summed E-state index contributed by atoms with van der Waals surface area (Å²) in [5, 5.41) is 14.2. The molecule has 0 amide bonds. The zero-order chi connectivity index (χ0) is 20.9. The van der Waals surface area contributed by atoms with Crippen molar-refractivity contribution in [1.29, 1.82) is 0 Å². The fraction of sp³-hybridized carbons (Fsp3) is 1.00. The quantitative estimate of drug-likeness (QED) is 0.489. The summed E-state index contributed by atoms with van der Waals surface area (Å²) in [6.45, 7) is 11.3. The highest BCUT2D eigenvalue weighted by Gasteiger charge is 2.68. The van der Waals surface area contributed by atoms with Gasteiger partial charge in [-0.2, -0.15) is 0 Å². The van der Waals surface area contributed by atoms with E-state index in [0.717, 1.165) is 54.9 Å². The number of aliphatic hydroxyl groups excluding tert-OH is 1. The van der Waals surface area contributed by atoms with Gasteiger partial charge in [-0.25, -0.2) is 0 Å². The fourth-order valence-electron chi connectivity index (χ4n) is 10.4. The van der Waals surface area contributed by atoms with Crippen molar-refractivity contribution in [2.24, 2.45) is 52.3 Å². The largest absolute Gasteiger partial charge is 0.393 e. The van der Waals surface area contributed by atoms with E-state index in [1.165, 1.54) is 51.4 Å². The lowest BCUT2D eigenvalue weighted by molar-refractivity contribution is -0.140. The maximum atomic E-state index is 10.3. The molecule has 9 unspecified atom stereocenters. The SMILES string of the molecule is CC1CC[C@@]2(NC1)OC1CC3C4CCC5CC(O)CC[C@]5(C)C4CC[C@]3(C)C1C2C.Cl. The van der Waals surface area contributed by atoms with Crippen LogP contribution in [0.15, 0.2) is 0 Å². The van der Waals surface area contributed by atoms with Gasteiger partial charge in [-0.3, -0.25) is 5.32 Å². The first-order valence-electron chi connectivity index (χ1n) is 13.4. The van der Waals surface area contributed by atoms with Crippen molar-refractivity contribution < 1.29 is 9.84 Å². The van der Waals surface area contributed by atoms with Gasteiger partial charge in [0.1, 0.15) is 5.72 Å². The smallest absolute Gasteiger partial charge is 0.122 e. The van der Waals surface area contributed by atoms with E-state index in [9.17, 15) is 5.11 Å². The third-order valence-corrected chi connectivity index (χ3v) is 12.1. The topological polar surface area (TPSA) is 41.5 Å². The molecule has 0 radical (unpaired) electrons. The van der Waals surface area contributed by atoms with Gasteiger partial charge >= 0.3 is 0 Å². The Hall–Kier alpha value is 0.170. The summed E-state index contributed by atoms with van der Waals surface area (Å²) >= 11 is 0. The number of rotatable bonds is 0. The van der Waals surface area contributed by atoms with Gasteiger partial charge in [-0.1, -0.05) is 27.7 Å². The van der Waals surface area contributed by atoms with Crippen molar-refractivity contribution in [3.63, 3.8) is 0 Å². The number of nitrogens with one attached hydrogen (secondary N) is 1. The maximum absolute atomic E-state index is 10.3. The Morgan fingerprint density at radius 1 is 0.871 bits per heavy atom. The summed E-state index contributed by atoms with van der Waals surface area (Å²) in [5.74, 6) is 5.57. The number of piperidine rings is 1. The van der Waals surface area contributed by atoms with Gasteiger partial charge in [0.25, 0.3) is 0 Å². The molecule has 4 saturated carbocycles. The molecule has 2 saturated heterocycles. The molecule has 2 N–H and O–H groups in total. The molecule has 6 fully saturated rings. The lowest BCUT2D eigenvalue weighted by Gasteiger charge is -2.61. The van der Waals surface area contributed by atoms with Crippen LogP contribution in [0.25, 0.3) is 0 Å². The van der Waals surface area contributed by atoms with Crippen LogP contribution in [0.4, 0.5) is 0 Å². The summed E-state index contributed by atoms with van der Waals surface area (Å²) in [6.07, 6.45) is 13.2. The molecule has 178 valence electrons. The van der Waals surface area contributed by atoms with E-state index in [0.29, 0.717) is 22.9 Å². The summed E-state index contributed by atoms with van der Waals surface area (Å²) < 4.78 is 7.01. The number of aliphatic hydroxyl groups is 1. The molecule has 3 nitrogen and oxygen atoms in total. The Morgan fingerprint density at radius 3 is 2.39 bits per heavy atom. The molecule has 4 heteroatoms. The predicted molar refractivity (Wildman–Crippen MR) is 127 cm³/mol. The van der Waals surface area contributed by atoms with E-state index in [2.05, 4.69) is 33.0 Å². The molecular weight excluding hydrogens is 406 g/mol. The summed E-state index contributed by atoms with van der Waals surface area (Å²) in [5.41, 5.74) is 0.919. The second kappa shape index (κ2) is 7.59. The summed E-state index contributed by atoms with van der Waals surface area (Å²) in [6, 6.07) is 0. The summed E-state index contributed by atoms with van der Waals surface area (Å²) in [4.78, 5) is 0. The van der Waals surface area contributed by atoms with Gasteiger partial charge in [-0.15, -0.1) is 12.4 Å². The molecule has 6 aliphatic rings. The van der Waals surface area contributed by atoms with Gasteiger partial charge in [0.2, 0.25) is 0 Å². The molecule has 0 aromatic rings. The molecule has 31 heavy (non-hydrogen) atoms. The van der Waals surface area contributed by atoms with E-state index in [1.807, 2.05) is 0 Å². The summed E-state index contributed by atoms with van der Waals surface area (Å²) in [7, 11) is 0.